The molecule has 0 radical (unpaired) electrons. The minimum absolute atomic E-state index is 0.0165. The summed E-state index contributed by atoms with van der Waals surface area (Å²) >= 11 is 1.32. The lowest BCUT2D eigenvalue weighted by atomic mass is 10.1. The Morgan fingerprint density at radius 3 is 2.63 bits per heavy atom. The highest BCUT2D eigenvalue weighted by Gasteiger charge is 2.28. The number of carboxylic acid groups (broad SMARTS) is 1. The molecule has 8 heteroatoms. The Hall–Kier alpha value is -0.760. The molecule has 19 heavy (non-hydrogen) atoms. The second-order valence-electron chi connectivity index (χ2n) is 4.58. The molecule has 2 N–H and O–H groups in total. The van der Waals surface area contributed by atoms with E-state index in [1.165, 1.54) is 11.8 Å². The molecule has 0 bridgehead atoms. The van der Waals surface area contributed by atoms with Crippen LogP contribution in [0.2, 0.25) is 0 Å². The fourth-order valence-electron chi connectivity index (χ4n) is 1.78. The fraction of sp³-hybridized carbons (Fsp3) is 0.818. The molecular formula is C11H19NO5S2. The van der Waals surface area contributed by atoms with Crippen LogP contribution in [0.15, 0.2) is 0 Å². The van der Waals surface area contributed by atoms with E-state index in [0.29, 0.717) is 12.8 Å². The molecule has 1 fully saturated rings. The number of carbonyl (C=O) groups excluding carboxylic acids is 1. The Morgan fingerprint density at radius 2 is 2.16 bits per heavy atom. The summed E-state index contributed by atoms with van der Waals surface area (Å²) in [5.41, 5.74) is 0. The predicted molar refractivity (Wildman–Crippen MR) is 73.9 cm³/mol. The first-order chi connectivity index (χ1) is 8.84. The minimum Gasteiger partial charge on any atom is -0.481 e. The minimum atomic E-state index is -2.91. The van der Waals surface area contributed by atoms with Gasteiger partial charge < -0.3 is 10.4 Å². The first-order valence-corrected chi connectivity index (χ1v) is 9.02. The van der Waals surface area contributed by atoms with Crippen molar-refractivity contribution >= 4 is 33.5 Å². The Kier molecular flexibility index (Phi) is 6.12. The monoisotopic (exact) mass is 309 g/mol. The Labute approximate surface area is 117 Å². The summed E-state index contributed by atoms with van der Waals surface area (Å²) in [5, 5.41) is 11.4. The van der Waals surface area contributed by atoms with Crippen LogP contribution in [0.25, 0.3) is 0 Å². The first kappa shape index (κ1) is 16.3. The Balaban J connectivity index is 2.23. The second-order valence-corrected chi connectivity index (χ2v) is 8.10. The molecule has 0 aromatic carbocycles. The highest BCUT2D eigenvalue weighted by Crippen LogP contribution is 2.23. The summed E-state index contributed by atoms with van der Waals surface area (Å²) in [5.74, 6) is -1.22. The zero-order valence-corrected chi connectivity index (χ0v) is 12.4. The number of carbonyl (C=O) groups is 2. The number of amides is 1. The lowest BCUT2D eigenvalue weighted by molar-refractivity contribution is -0.141. The number of thioether (sulfide) groups is 1. The van der Waals surface area contributed by atoms with Crippen LogP contribution >= 0.6 is 11.8 Å². The maximum atomic E-state index is 11.5. The van der Waals surface area contributed by atoms with Gasteiger partial charge in [0.25, 0.3) is 0 Å². The Bertz CT molecular complexity index is 434. The van der Waals surface area contributed by atoms with Gasteiger partial charge in [-0.15, -0.1) is 11.8 Å². The highest BCUT2D eigenvalue weighted by molar-refractivity contribution is 8.02. The maximum absolute atomic E-state index is 11.5. The average molecular weight is 309 g/mol. The van der Waals surface area contributed by atoms with Crippen molar-refractivity contribution in [2.45, 2.75) is 25.0 Å². The maximum Gasteiger partial charge on any atom is 0.308 e. The van der Waals surface area contributed by atoms with Crippen LogP contribution in [0.4, 0.5) is 0 Å². The molecule has 1 amide bonds. The number of carboxylic acids is 1. The van der Waals surface area contributed by atoms with Gasteiger partial charge in [-0.05, 0) is 12.8 Å². The van der Waals surface area contributed by atoms with Crippen LogP contribution in [0.1, 0.15) is 19.8 Å². The van der Waals surface area contributed by atoms with Crippen LogP contribution in [0, 0.1) is 5.92 Å². The van der Waals surface area contributed by atoms with Gasteiger partial charge in [0.05, 0.1) is 23.2 Å². The second kappa shape index (κ2) is 7.14. The zero-order valence-electron chi connectivity index (χ0n) is 10.8. The van der Waals surface area contributed by atoms with Crippen molar-refractivity contribution in [3.63, 3.8) is 0 Å². The lowest BCUT2D eigenvalue weighted by Gasteiger charge is -2.12. The third-order valence-corrected chi connectivity index (χ3v) is 6.31. The average Bonchev–Trinajstić information content (AvgIpc) is 2.67. The van der Waals surface area contributed by atoms with Crippen molar-refractivity contribution < 1.29 is 23.1 Å². The van der Waals surface area contributed by atoms with E-state index in [1.807, 2.05) is 0 Å². The van der Waals surface area contributed by atoms with E-state index >= 15 is 0 Å². The van der Waals surface area contributed by atoms with Gasteiger partial charge in [-0.1, -0.05) is 6.92 Å². The van der Waals surface area contributed by atoms with Crippen molar-refractivity contribution in [2.24, 2.45) is 5.92 Å². The molecule has 0 aromatic heterocycles. The summed E-state index contributed by atoms with van der Waals surface area (Å²) in [6.07, 6.45) is 1.05. The number of sulfone groups is 1. The molecule has 0 saturated carbocycles. The van der Waals surface area contributed by atoms with Gasteiger partial charge in [-0.3, -0.25) is 9.59 Å². The predicted octanol–water partition coefficient (Wildman–Crippen LogP) is 0.134. The number of rotatable bonds is 7. The largest absolute Gasteiger partial charge is 0.481 e. The molecule has 0 aliphatic carbocycles. The number of nitrogens with one attached hydrogen (secondary N) is 1. The van der Waals surface area contributed by atoms with E-state index in [0.717, 1.165) is 0 Å². The van der Waals surface area contributed by atoms with Crippen LogP contribution in [-0.4, -0.2) is 54.5 Å². The van der Waals surface area contributed by atoms with Crippen molar-refractivity contribution in [3.05, 3.63) is 0 Å². The van der Waals surface area contributed by atoms with E-state index in [9.17, 15) is 18.0 Å². The van der Waals surface area contributed by atoms with Gasteiger partial charge in [-0.2, -0.15) is 0 Å². The van der Waals surface area contributed by atoms with E-state index in [-0.39, 0.29) is 35.0 Å². The summed E-state index contributed by atoms with van der Waals surface area (Å²) in [6.45, 7) is 1.87. The van der Waals surface area contributed by atoms with Crippen molar-refractivity contribution in [1.82, 2.24) is 5.32 Å². The molecule has 6 nitrogen and oxygen atoms in total. The van der Waals surface area contributed by atoms with Crippen LogP contribution in [-0.2, 0) is 19.4 Å². The number of hydrogen-bond acceptors (Lipinski definition) is 5. The van der Waals surface area contributed by atoms with Crippen LogP contribution in [0.5, 0.6) is 0 Å². The molecule has 1 heterocycles. The van der Waals surface area contributed by atoms with E-state index in [4.69, 9.17) is 5.11 Å². The molecule has 0 spiro atoms. The lowest BCUT2D eigenvalue weighted by Crippen LogP contribution is -2.34. The summed E-state index contributed by atoms with van der Waals surface area (Å²) in [4.78, 5) is 22.3. The first-order valence-electron chi connectivity index (χ1n) is 6.15. The van der Waals surface area contributed by atoms with Crippen LogP contribution < -0.4 is 5.32 Å². The van der Waals surface area contributed by atoms with Gasteiger partial charge in [0.1, 0.15) is 0 Å². The normalized spacial score (nSPS) is 22.9. The van der Waals surface area contributed by atoms with Crippen molar-refractivity contribution in [2.75, 3.05) is 23.8 Å². The molecule has 2 unspecified atom stereocenters. The Morgan fingerprint density at radius 1 is 1.47 bits per heavy atom. The van der Waals surface area contributed by atoms with Crippen molar-refractivity contribution in [1.29, 1.82) is 0 Å². The quantitative estimate of drug-likeness (QED) is 0.693. The topological polar surface area (TPSA) is 101 Å². The van der Waals surface area contributed by atoms with Crippen molar-refractivity contribution in [3.8, 4) is 0 Å². The van der Waals surface area contributed by atoms with E-state index in [1.54, 1.807) is 6.92 Å². The zero-order chi connectivity index (χ0) is 14.5. The van der Waals surface area contributed by atoms with Gasteiger partial charge >= 0.3 is 5.97 Å². The molecule has 1 aliphatic rings. The van der Waals surface area contributed by atoms with Gasteiger partial charge in [0.2, 0.25) is 5.91 Å². The summed E-state index contributed by atoms with van der Waals surface area (Å²) in [7, 11) is -2.91. The molecule has 1 rings (SSSR count). The molecular weight excluding hydrogens is 290 g/mol. The highest BCUT2D eigenvalue weighted by atomic mass is 32.2. The van der Waals surface area contributed by atoms with Gasteiger partial charge in [0, 0.05) is 11.8 Å². The smallest absolute Gasteiger partial charge is 0.308 e. The molecule has 1 saturated heterocycles. The number of aliphatic carboxylic acids is 1. The SMILES string of the molecule is CCC(CNC(=O)CSC1CCS(=O)(=O)C1)C(=O)O. The summed E-state index contributed by atoms with van der Waals surface area (Å²) < 4.78 is 22.5. The van der Waals surface area contributed by atoms with E-state index in [2.05, 4.69) is 5.32 Å². The third kappa shape index (κ3) is 5.82. The summed E-state index contributed by atoms with van der Waals surface area (Å²) in [6, 6.07) is 0. The van der Waals surface area contributed by atoms with Gasteiger partial charge in [-0.25, -0.2) is 8.42 Å². The molecule has 1 aliphatic heterocycles. The van der Waals surface area contributed by atoms with Gasteiger partial charge in [0.15, 0.2) is 9.84 Å². The third-order valence-electron chi connectivity index (χ3n) is 3.03. The molecule has 2 atom stereocenters. The molecule has 0 aromatic rings. The van der Waals surface area contributed by atoms with Crippen LogP contribution in [0.3, 0.4) is 0 Å². The van der Waals surface area contributed by atoms with E-state index < -0.39 is 21.7 Å². The number of hydrogen-bond donors (Lipinski definition) is 2. The fourth-order valence-corrected chi connectivity index (χ4v) is 5.25. The molecule has 110 valence electrons. The standard InChI is InChI=1S/C11H19NO5S2/c1-2-8(11(14)15)5-12-10(13)6-18-9-3-4-19(16,17)7-9/h8-9H,2-7H2,1H3,(H,12,13)(H,14,15).